The zero-order valence-electron chi connectivity index (χ0n) is 15.0. The molecule has 2 fully saturated rings. The number of hydrogen-bond acceptors (Lipinski definition) is 4. The minimum Gasteiger partial charge on any atom is -0.457 e. The van der Waals surface area contributed by atoms with Gasteiger partial charge in [-0.15, -0.1) is 0 Å². The van der Waals surface area contributed by atoms with Crippen LogP contribution in [0, 0.1) is 32.8 Å². The molecule has 6 heteroatoms. The lowest BCUT2D eigenvalue weighted by Crippen LogP contribution is -2.37. The van der Waals surface area contributed by atoms with Gasteiger partial charge in [-0.05, 0) is 55.1 Å². The molecular formula is C19H24ClNO4. The molecule has 0 aliphatic heterocycles. The normalized spacial score (nSPS) is 30.9. The van der Waals surface area contributed by atoms with Crippen molar-refractivity contribution < 1.29 is 14.5 Å². The molecule has 2 unspecified atom stereocenters. The van der Waals surface area contributed by atoms with Gasteiger partial charge >= 0.3 is 5.97 Å². The van der Waals surface area contributed by atoms with E-state index in [9.17, 15) is 14.9 Å². The number of rotatable bonds is 4. The van der Waals surface area contributed by atoms with E-state index in [-0.39, 0.29) is 33.4 Å². The lowest BCUT2D eigenvalue weighted by Gasteiger charge is -2.38. The van der Waals surface area contributed by atoms with Crippen LogP contribution >= 0.6 is 11.6 Å². The first kappa shape index (κ1) is 18.2. The summed E-state index contributed by atoms with van der Waals surface area (Å²) < 4.78 is 5.68. The molecule has 2 aliphatic rings. The molecule has 2 aliphatic carbocycles. The van der Waals surface area contributed by atoms with Gasteiger partial charge in [0, 0.05) is 11.1 Å². The summed E-state index contributed by atoms with van der Waals surface area (Å²) in [5.41, 5.74) is 0.301. The lowest BCUT2D eigenvalue weighted by molar-refractivity contribution is -0.386. The van der Waals surface area contributed by atoms with Gasteiger partial charge in [-0.1, -0.05) is 32.4 Å². The van der Waals surface area contributed by atoms with E-state index in [1.54, 1.807) is 19.1 Å². The van der Waals surface area contributed by atoms with Crippen molar-refractivity contribution in [1.82, 2.24) is 0 Å². The Balaban J connectivity index is 1.80. The van der Waals surface area contributed by atoms with Crippen LogP contribution in [-0.2, 0) is 9.53 Å². The van der Waals surface area contributed by atoms with Crippen molar-refractivity contribution in [2.24, 2.45) is 22.7 Å². The van der Waals surface area contributed by atoms with Crippen LogP contribution in [0.4, 0.5) is 5.69 Å². The first-order valence-electron chi connectivity index (χ1n) is 8.72. The van der Waals surface area contributed by atoms with E-state index in [1.807, 2.05) is 0 Å². The van der Waals surface area contributed by atoms with Crippen LogP contribution in [0.15, 0.2) is 18.2 Å². The molecule has 2 saturated carbocycles. The molecule has 4 atom stereocenters. The standard InChI is InChI=1S/C19H24ClNO4/c1-11(14-6-5-13(20)10-16(14)21(23)24)25-17(22)15-9-12-7-8-19(15,4)18(12,2)3/h5-6,10-12,15H,7-9H2,1-4H3/t11-,12?,15?,19-/m0/s1. The fourth-order valence-corrected chi connectivity index (χ4v) is 5.07. The van der Waals surface area contributed by atoms with Crippen molar-refractivity contribution >= 4 is 23.3 Å². The van der Waals surface area contributed by atoms with E-state index in [2.05, 4.69) is 20.8 Å². The van der Waals surface area contributed by atoms with Crippen LogP contribution < -0.4 is 0 Å². The number of carbonyl (C=O) groups excluding carboxylic acids is 1. The zero-order valence-corrected chi connectivity index (χ0v) is 15.8. The maximum Gasteiger partial charge on any atom is 0.310 e. The van der Waals surface area contributed by atoms with E-state index in [4.69, 9.17) is 16.3 Å². The number of nitrogens with zero attached hydrogens (tertiary/aromatic N) is 1. The van der Waals surface area contributed by atoms with Crippen LogP contribution in [0.2, 0.25) is 5.02 Å². The maximum absolute atomic E-state index is 12.8. The van der Waals surface area contributed by atoms with Crippen LogP contribution in [0.25, 0.3) is 0 Å². The molecule has 0 aromatic heterocycles. The third-order valence-electron chi connectivity index (χ3n) is 7.00. The minimum atomic E-state index is -0.684. The van der Waals surface area contributed by atoms with Crippen LogP contribution in [0.5, 0.6) is 0 Å². The highest BCUT2D eigenvalue weighted by Gasteiger charge is 2.63. The Morgan fingerprint density at radius 1 is 1.40 bits per heavy atom. The Morgan fingerprint density at radius 3 is 2.60 bits per heavy atom. The summed E-state index contributed by atoms with van der Waals surface area (Å²) in [6, 6.07) is 4.43. The first-order chi connectivity index (χ1) is 11.6. The van der Waals surface area contributed by atoms with Gasteiger partial charge in [-0.2, -0.15) is 0 Å². The number of hydrogen-bond donors (Lipinski definition) is 0. The van der Waals surface area contributed by atoms with E-state index < -0.39 is 11.0 Å². The lowest BCUT2D eigenvalue weighted by atomic mass is 9.67. The quantitative estimate of drug-likeness (QED) is 0.411. The van der Waals surface area contributed by atoms with E-state index in [0.29, 0.717) is 11.5 Å². The van der Waals surface area contributed by atoms with E-state index in [1.165, 1.54) is 6.07 Å². The molecule has 5 nitrogen and oxygen atoms in total. The Hall–Kier alpha value is -1.62. The number of nitro benzene ring substituents is 1. The van der Waals surface area contributed by atoms with Gasteiger partial charge in [-0.3, -0.25) is 14.9 Å². The van der Waals surface area contributed by atoms with Gasteiger partial charge in [0.25, 0.3) is 5.69 Å². The van der Waals surface area contributed by atoms with Crippen molar-refractivity contribution in [1.29, 1.82) is 0 Å². The van der Waals surface area contributed by atoms with Crippen LogP contribution in [-0.4, -0.2) is 10.9 Å². The highest BCUT2D eigenvalue weighted by molar-refractivity contribution is 6.30. The van der Waals surface area contributed by atoms with Crippen LogP contribution in [0.3, 0.4) is 0 Å². The average molecular weight is 366 g/mol. The smallest absolute Gasteiger partial charge is 0.310 e. The minimum absolute atomic E-state index is 0.0690. The molecule has 0 N–H and O–H groups in total. The van der Waals surface area contributed by atoms with Gasteiger partial charge in [-0.25, -0.2) is 0 Å². The zero-order chi connectivity index (χ0) is 18.6. The summed E-state index contributed by atoms with van der Waals surface area (Å²) in [5, 5.41) is 11.6. The predicted octanol–water partition coefficient (Wildman–Crippen LogP) is 5.31. The summed E-state index contributed by atoms with van der Waals surface area (Å²) in [6.07, 6.45) is 2.35. The summed E-state index contributed by atoms with van der Waals surface area (Å²) in [4.78, 5) is 23.6. The highest BCUT2D eigenvalue weighted by atomic mass is 35.5. The summed E-state index contributed by atoms with van der Waals surface area (Å²) >= 11 is 5.86. The van der Waals surface area contributed by atoms with Gasteiger partial charge in [0.2, 0.25) is 0 Å². The second kappa shape index (κ2) is 5.97. The van der Waals surface area contributed by atoms with Gasteiger partial charge in [0.15, 0.2) is 0 Å². The third-order valence-corrected chi connectivity index (χ3v) is 7.23. The molecule has 0 heterocycles. The summed E-state index contributed by atoms with van der Waals surface area (Å²) in [6.45, 7) is 8.34. The average Bonchev–Trinajstić information content (AvgIpc) is 2.87. The molecule has 0 radical (unpaired) electrons. The van der Waals surface area contributed by atoms with Gasteiger partial charge in [0.1, 0.15) is 6.10 Å². The van der Waals surface area contributed by atoms with Crippen molar-refractivity contribution in [3.8, 4) is 0 Å². The first-order valence-corrected chi connectivity index (χ1v) is 9.10. The van der Waals surface area contributed by atoms with Gasteiger partial charge < -0.3 is 4.74 Å². The molecule has 0 spiro atoms. The molecule has 1 aromatic carbocycles. The number of ether oxygens (including phenoxy) is 1. The second-order valence-corrected chi connectivity index (χ2v) is 8.64. The predicted molar refractivity (Wildman–Crippen MR) is 95.3 cm³/mol. The van der Waals surface area contributed by atoms with Crippen LogP contribution in [0.1, 0.15) is 58.6 Å². The molecule has 1 aromatic rings. The number of esters is 1. The molecule has 0 amide bonds. The molecular weight excluding hydrogens is 342 g/mol. The molecule has 0 saturated heterocycles. The number of carbonyl (C=O) groups is 1. The molecule has 25 heavy (non-hydrogen) atoms. The van der Waals surface area contributed by atoms with Crippen molar-refractivity contribution in [2.45, 2.75) is 53.1 Å². The van der Waals surface area contributed by atoms with E-state index >= 15 is 0 Å². The van der Waals surface area contributed by atoms with Gasteiger partial charge in [0.05, 0.1) is 16.4 Å². The number of nitro groups is 1. The summed E-state index contributed by atoms with van der Waals surface area (Å²) in [5.74, 6) is 0.153. The number of benzene rings is 1. The Bertz CT molecular complexity index is 732. The van der Waals surface area contributed by atoms with Crippen molar-refractivity contribution in [3.05, 3.63) is 38.9 Å². The maximum atomic E-state index is 12.8. The second-order valence-electron chi connectivity index (χ2n) is 8.20. The topological polar surface area (TPSA) is 69.4 Å². The number of fused-ring (bicyclic) bond motifs is 2. The Morgan fingerprint density at radius 2 is 2.08 bits per heavy atom. The molecule has 2 bridgehead atoms. The van der Waals surface area contributed by atoms with Crippen molar-refractivity contribution in [3.63, 3.8) is 0 Å². The fourth-order valence-electron chi connectivity index (χ4n) is 4.90. The van der Waals surface area contributed by atoms with E-state index in [0.717, 1.165) is 19.3 Å². The molecule has 3 rings (SSSR count). The van der Waals surface area contributed by atoms with Crippen molar-refractivity contribution in [2.75, 3.05) is 0 Å². The Labute approximate surface area is 152 Å². The SMILES string of the molecule is C[C@H](OC(=O)C1CC2CC[C@]1(C)C2(C)C)c1ccc(Cl)cc1[N+](=O)[O-]. The third kappa shape index (κ3) is 2.73. The number of halogens is 1. The monoisotopic (exact) mass is 365 g/mol. The fraction of sp³-hybridized carbons (Fsp3) is 0.632. The Kier molecular flexibility index (Phi) is 4.34. The highest BCUT2D eigenvalue weighted by Crippen LogP contribution is 2.68. The summed E-state index contributed by atoms with van der Waals surface area (Å²) in [7, 11) is 0. The largest absolute Gasteiger partial charge is 0.457 e. The molecule has 136 valence electrons.